The van der Waals surface area contributed by atoms with Crippen molar-refractivity contribution in [3.63, 3.8) is 0 Å². The Labute approximate surface area is 98.7 Å². The third-order valence-electron chi connectivity index (χ3n) is 2.85. The summed E-state index contributed by atoms with van der Waals surface area (Å²) in [5, 5.41) is 13.9. The van der Waals surface area contributed by atoms with E-state index in [0.29, 0.717) is 25.8 Å². The molecule has 96 valence electrons. The van der Waals surface area contributed by atoms with Crippen molar-refractivity contribution in [2.75, 3.05) is 6.54 Å². The number of nitrogens with one attached hydrogen (secondary N) is 2. The van der Waals surface area contributed by atoms with E-state index in [0.717, 1.165) is 6.42 Å². The Morgan fingerprint density at radius 2 is 1.94 bits per heavy atom. The van der Waals surface area contributed by atoms with Crippen molar-refractivity contribution in [1.82, 2.24) is 10.6 Å². The van der Waals surface area contributed by atoms with Crippen LogP contribution in [0.3, 0.4) is 0 Å². The fourth-order valence-corrected chi connectivity index (χ4v) is 1.65. The van der Waals surface area contributed by atoms with Gasteiger partial charge in [0.25, 0.3) is 0 Å². The van der Waals surface area contributed by atoms with Gasteiger partial charge in [0.15, 0.2) is 0 Å². The molecule has 1 aliphatic rings. The van der Waals surface area contributed by atoms with Crippen molar-refractivity contribution in [3.05, 3.63) is 0 Å². The number of hydrogen-bond donors (Lipinski definition) is 4. The van der Waals surface area contributed by atoms with E-state index < -0.39 is 23.4 Å². The second kappa shape index (κ2) is 5.51. The highest BCUT2D eigenvalue weighted by Gasteiger charge is 2.45. The lowest BCUT2D eigenvalue weighted by molar-refractivity contribution is -0.148. The van der Waals surface area contributed by atoms with Gasteiger partial charge in [0.05, 0.1) is 0 Å². The number of rotatable bonds is 6. The summed E-state index contributed by atoms with van der Waals surface area (Å²) >= 11 is 0. The van der Waals surface area contributed by atoms with E-state index in [1.165, 1.54) is 0 Å². The first-order valence-corrected chi connectivity index (χ1v) is 5.54. The third-order valence-corrected chi connectivity index (χ3v) is 2.85. The molecule has 3 amide bonds. The number of carbonyl (C=O) groups is 3. The van der Waals surface area contributed by atoms with Gasteiger partial charge >= 0.3 is 12.0 Å². The minimum atomic E-state index is -1.10. The number of carboxylic acid groups (broad SMARTS) is 1. The van der Waals surface area contributed by atoms with Crippen molar-refractivity contribution in [1.29, 1.82) is 0 Å². The van der Waals surface area contributed by atoms with E-state index in [-0.39, 0.29) is 6.42 Å². The lowest BCUT2D eigenvalue weighted by Gasteiger charge is -2.38. The molecule has 0 bridgehead atoms. The maximum Gasteiger partial charge on any atom is 0.329 e. The molecule has 0 spiro atoms. The highest BCUT2D eigenvalue weighted by molar-refractivity contribution is 5.87. The lowest BCUT2D eigenvalue weighted by Crippen LogP contribution is -2.61. The van der Waals surface area contributed by atoms with Crippen molar-refractivity contribution in [2.45, 2.75) is 37.6 Å². The van der Waals surface area contributed by atoms with Crippen LogP contribution >= 0.6 is 0 Å². The first-order valence-electron chi connectivity index (χ1n) is 5.54. The van der Waals surface area contributed by atoms with E-state index in [4.69, 9.17) is 10.8 Å². The fourth-order valence-electron chi connectivity index (χ4n) is 1.65. The van der Waals surface area contributed by atoms with E-state index in [1.54, 1.807) is 0 Å². The Balaban J connectivity index is 2.25. The maximum atomic E-state index is 11.4. The molecule has 1 saturated carbocycles. The Morgan fingerprint density at radius 1 is 1.29 bits per heavy atom. The van der Waals surface area contributed by atoms with E-state index in [9.17, 15) is 14.4 Å². The van der Waals surface area contributed by atoms with Crippen LogP contribution in [-0.2, 0) is 9.59 Å². The monoisotopic (exact) mass is 243 g/mol. The summed E-state index contributed by atoms with van der Waals surface area (Å²) in [7, 11) is 0. The predicted molar refractivity (Wildman–Crippen MR) is 59.2 cm³/mol. The lowest BCUT2D eigenvalue weighted by atomic mass is 9.77. The number of hydrogen-bond acceptors (Lipinski definition) is 3. The van der Waals surface area contributed by atoms with Crippen molar-refractivity contribution in [2.24, 2.45) is 5.73 Å². The minimum Gasteiger partial charge on any atom is -0.480 e. The molecule has 0 unspecified atom stereocenters. The van der Waals surface area contributed by atoms with E-state index in [1.807, 2.05) is 0 Å². The number of aliphatic carboxylic acids is 1. The molecule has 0 heterocycles. The summed E-state index contributed by atoms with van der Waals surface area (Å²) in [5.74, 6) is -1.43. The molecule has 1 aliphatic carbocycles. The van der Waals surface area contributed by atoms with E-state index in [2.05, 4.69) is 10.6 Å². The van der Waals surface area contributed by atoms with Crippen LogP contribution < -0.4 is 16.4 Å². The summed E-state index contributed by atoms with van der Waals surface area (Å²) in [5.41, 5.74) is 3.83. The van der Waals surface area contributed by atoms with Gasteiger partial charge in [-0.2, -0.15) is 0 Å². The molecule has 1 rings (SSSR count). The molecule has 0 aromatic rings. The SMILES string of the molecule is NC(=O)CCCNC(=O)NC1(C(=O)O)CCC1. The quantitative estimate of drug-likeness (QED) is 0.472. The fraction of sp³-hybridized carbons (Fsp3) is 0.700. The maximum absolute atomic E-state index is 11.4. The minimum absolute atomic E-state index is 0.199. The van der Waals surface area contributed by atoms with Gasteiger partial charge in [-0.15, -0.1) is 0 Å². The van der Waals surface area contributed by atoms with Gasteiger partial charge in [-0.1, -0.05) is 0 Å². The van der Waals surface area contributed by atoms with Gasteiger partial charge in [0, 0.05) is 13.0 Å². The third kappa shape index (κ3) is 3.61. The van der Waals surface area contributed by atoms with Crippen LogP contribution in [0.4, 0.5) is 4.79 Å². The molecule has 5 N–H and O–H groups in total. The molecule has 7 heteroatoms. The van der Waals surface area contributed by atoms with E-state index >= 15 is 0 Å². The van der Waals surface area contributed by atoms with Crippen LogP contribution in [-0.4, -0.2) is 35.1 Å². The topological polar surface area (TPSA) is 122 Å². The second-order valence-corrected chi connectivity index (χ2v) is 4.19. The second-order valence-electron chi connectivity index (χ2n) is 4.19. The summed E-state index contributed by atoms with van der Waals surface area (Å²) in [6, 6.07) is -0.517. The van der Waals surface area contributed by atoms with Crippen LogP contribution in [0, 0.1) is 0 Å². The number of nitrogens with two attached hydrogens (primary N) is 1. The van der Waals surface area contributed by atoms with Crippen LogP contribution in [0.25, 0.3) is 0 Å². The molecule has 0 saturated heterocycles. The standard InChI is InChI=1S/C10H17N3O4/c11-7(14)3-1-6-12-9(17)13-10(8(15)16)4-2-5-10/h1-6H2,(H2,11,14)(H,15,16)(H2,12,13,17). The molecule has 1 fully saturated rings. The number of carbonyl (C=O) groups excluding carboxylic acids is 2. The van der Waals surface area contributed by atoms with Gasteiger partial charge in [-0.3, -0.25) is 4.79 Å². The number of urea groups is 1. The molecular formula is C10H17N3O4. The number of amides is 3. The summed E-state index contributed by atoms with van der Waals surface area (Å²) < 4.78 is 0. The summed E-state index contributed by atoms with van der Waals surface area (Å²) in [6.45, 7) is 0.296. The van der Waals surface area contributed by atoms with Gasteiger partial charge in [0.1, 0.15) is 5.54 Å². The number of carboxylic acids is 1. The Kier molecular flexibility index (Phi) is 4.30. The molecule has 17 heavy (non-hydrogen) atoms. The normalized spacial score (nSPS) is 16.7. The largest absolute Gasteiger partial charge is 0.480 e. The highest BCUT2D eigenvalue weighted by Crippen LogP contribution is 2.31. The van der Waals surface area contributed by atoms with Crippen LogP contribution in [0.5, 0.6) is 0 Å². The zero-order chi connectivity index (χ0) is 12.9. The Morgan fingerprint density at radius 3 is 2.35 bits per heavy atom. The predicted octanol–water partition coefficient (Wildman–Crippen LogP) is -0.442. The summed E-state index contributed by atoms with van der Waals surface area (Å²) in [4.78, 5) is 32.8. The molecule has 0 atom stereocenters. The van der Waals surface area contributed by atoms with Crippen LogP contribution in [0.15, 0.2) is 0 Å². The summed E-state index contributed by atoms with van der Waals surface area (Å²) in [6.07, 6.45) is 2.36. The highest BCUT2D eigenvalue weighted by atomic mass is 16.4. The molecule has 0 aliphatic heterocycles. The molecule has 7 nitrogen and oxygen atoms in total. The van der Waals surface area contributed by atoms with Gasteiger partial charge < -0.3 is 21.5 Å². The molecule has 0 aromatic heterocycles. The van der Waals surface area contributed by atoms with Crippen LogP contribution in [0.1, 0.15) is 32.1 Å². The zero-order valence-electron chi connectivity index (χ0n) is 9.49. The molecular weight excluding hydrogens is 226 g/mol. The average molecular weight is 243 g/mol. The smallest absolute Gasteiger partial charge is 0.329 e. The number of primary amides is 1. The van der Waals surface area contributed by atoms with Crippen LogP contribution in [0.2, 0.25) is 0 Å². The first-order chi connectivity index (χ1) is 7.96. The van der Waals surface area contributed by atoms with Gasteiger partial charge in [0.2, 0.25) is 5.91 Å². The van der Waals surface area contributed by atoms with Crippen molar-refractivity contribution in [3.8, 4) is 0 Å². The molecule has 0 aromatic carbocycles. The zero-order valence-corrected chi connectivity index (χ0v) is 9.49. The first kappa shape index (κ1) is 13.3. The van der Waals surface area contributed by atoms with Crippen molar-refractivity contribution < 1.29 is 19.5 Å². The Bertz CT molecular complexity index is 326. The Hall–Kier alpha value is -1.79. The average Bonchev–Trinajstić information content (AvgIpc) is 2.17. The van der Waals surface area contributed by atoms with Crippen molar-refractivity contribution >= 4 is 17.9 Å². The van der Waals surface area contributed by atoms with Gasteiger partial charge in [-0.05, 0) is 25.7 Å². The molecule has 0 radical (unpaired) electrons. The van der Waals surface area contributed by atoms with Gasteiger partial charge in [-0.25, -0.2) is 9.59 Å².